The number of rotatable bonds is 5. The molecule has 37 heavy (non-hydrogen) atoms. The van der Waals surface area contributed by atoms with Gasteiger partial charge in [0.25, 0.3) is 0 Å². The van der Waals surface area contributed by atoms with E-state index in [9.17, 15) is 0 Å². The second-order valence-electron chi connectivity index (χ2n) is 8.86. The first kappa shape index (κ1) is 21.1. The fraction of sp³-hybridized carbons (Fsp3) is 0. The summed E-state index contributed by atoms with van der Waals surface area (Å²) in [5.74, 6) is 0. The van der Waals surface area contributed by atoms with Crippen molar-refractivity contribution in [2.24, 2.45) is 0 Å². The molecule has 3 aromatic heterocycles. The molecule has 7 rings (SSSR count). The molecule has 0 atom stereocenters. The zero-order valence-electron chi connectivity index (χ0n) is 19.9. The molecule has 0 spiro atoms. The van der Waals surface area contributed by atoms with E-state index < -0.39 is 0 Å². The molecular formula is C32H22N4O. The molecule has 0 aliphatic heterocycles. The van der Waals surface area contributed by atoms with E-state index in [2.05, 4.69) is 94.9 Å². The molecule has 0 radical (unpaired) electrons. The lowest BCUT2D eigenvalue weighted by molar-refractivity contribution is 0.667. The Morgan fingerprint density at radius 1 is 0.622 bits per heavy atom. The Balaban J connectivity index is 1.36. The van der Waals surface area contributed by atoms with E-state index >= 15 is 0 Å². The highest BCUT2D eigenvalue weighted by molar-refractivity contribution is 6.05. The van der Waals surface area contributed by atoms with Gasteiger partial charge < -0.3 is 9.32 Å². The van der Waals surface area contributed by atoms with Gasteiger partial charge in [-0.1, -0.05) is 54.6 Å². The number of nitrogens with zero attached hydrogens (tertiary/aromatic N) is 4. The van der Waals surface area contributed by atoms with Gasteiger partial charge in [0, 0.05) is 45.8 Å². The molecule has 0 bridgehead atoms. The van der Waals surface area contributed by atoms with Crippen LogP contribution in [0.5, 0.6) is 0 Å². The lowest BCUT2D eigenvalue weighted by Gasteiger charge is -2.26. The van der Waals surface area contributed by atoms with Crippen molar-refractivity contribution >= 4 is 39.0 Å². The van der Waals surface area contributed by atoms with Crippen molar-refractivity contribution in [3.8, 4) is 16.9 Å². The Hall–Kier alpha value is -5.16. The molecular weight excluding hydrogens is 456 g/mol. The molecule has 0 fully saturated rings. The van der Waals surface area contributed by atoms with Crippen molar-refractivity contribution < 1.29 is 4.42 Å². The van der Waals surface area contributed by atoms with Crippen molar-refractivity contribution in [2.75, 3.05) is 4.90 Å². The number of para-hydroxylation sites is 2. The molecule has 176 valence electrons. The van der Waals surface area contributed by atoms with Gasteiger partial charge in [0.1, 0.15) is 5.58 Å². The van der Waals surface area contributed by atoms with Crippen LogP contribution in [0.2, 0.25) is 0 Å². The van der Waals surface area contributed by atoms with Crippen LogP contribution in [0.4, 0.5) is 17.1 Å². The van der Waals surface area contributed by atoms with Crippen molar-refractivity contribution in [3.63, 3.8) is 0 Å². The lowest BCUT2D eigenvalue weighted by atomic mass is 10.1. The third-order valence-corrected chi connectivity index (χ3v) is 6.54. The minimum absolute atomic E-state index is 0.794. The van der Waals surface area contributed by atoms with Gasteiger partial charge in [-0.2, -0.15) is 5.10 Å². The molecule has 0 saturated heterocycles. The number of hydrogen-bond acceptors (Lipinski definition) is 4. The number of aromatic nitrogens is 3. The predicted octanol–water partition coefficient (Wildman–Crippen LogP) is 8.30. The predicted molar refractivity (Wildman–Crippen MR) is 149 cm³/mol. The Labute approximate surface area is 213 Å². The summed E-state index contributed by atoms with van der Waals surface area (Å²) in [5.41, 5.74) is 7.76. The van der Waals surface area contributed by atoms with E-state index in [1.54, 1.807) is 6.20 Å². The van der Waals surface area contributed by atoms with Gasteiger partial charge in [0.2, 0.25) is 0 Å². The summed E-state index contributed by atoms with van der Waals surface area (Å²) in [4.78, 5) is 6.99. The fourth-order valence-electron chi connectivity index (χ4n) is 4.81. The second kappa shape index (κ2) is 8.81. The van der Waals surface area contributed by atoms with Crippen LogP contribution in [-0.4, -0.2) is 14.8 Å². The lowest BCUT2D eigenvalue weighted by Crippen LogP contribution is -2.10. The summed E-state index contributed by atoms with van der Waals surface area (Å²) >= 11 is 0. The highest BCUT2D eigenvalue weighted by Crippen LogP contribution is 2.37. The average molecular weight is 479 g/mol. The van der Waals surface area contributed by atoms with Crippen LogP contribution in [0, 0.1) is 0 Å². The van der Waals surface area contributed by atoms with Gasteiger partial charge in [-0.25, -0.2) is 4.68 Å². The van der Waals surface area contributed by atoms with Crippen LogP contribution >= 0.6 is 0 Å². The normalized spacial score (nSPS) is 11.2. The monoisotopic (exact) mass is 478 g/mol. The van der Waals surface area contributed by atoms with Crippen molar-refractivity contribution in [3.05, 3.63) is 134 Å². The van der Waals surface area contributed by atoms with Crippen LogP contribution in [0.1, 0.15) is 0 Å². The third kappa shape index (κ3) is 3.83. The van der Waals surface area contributed by atoms with Crippen molar-refractivity contribution in [1.82, 2.24) is 14.8 Å². The minimum atomic E-state index is 0.794. The summed E-state index contributed by atoms with van der Waals surface area (Å²) in [5, 5.41) is 6.57. The van der Waals surface area contributed by atoms with Gasteiger partial charge in [-0.15, -0.1) is 0 Å². The summed E-state index contributed by atoms with van der Waals surface area (Å²) in [6.45, 7) is 0. The molecule has 0 N–H and O–H groups in total. The zero-order chi connectivity index (χ0) is 24.6. The quantitative estimate of drug-likeness (QED) is 0.250. The first-order valence-corrected chi connectivity index (χ1v) is 12.2. The van der Waals surface area contributed by atoms with Gasteiger partial charge in [-0.3, -0.25) is 4.98 Å². The van der Waals surface area contributed by atoms with E-state index in [4.69, 9.17) is 9.40 Å². The number of pyridine rings is 1. The van der Waals surface area contributed by atoms with Crippen molar-refractivity contribution in [2.45, 2.75) is 0 Å². The van der Waals surface area contributed by atoms with Crippen LogP contribution < -0.4 is 4.90 Å². The molecule has 5 heteroatoms. The Kier molecular flexibility index (Phi) is 5.03. The van der Waals surface area contributed by atoms with Gasteiger partial charge in [-0.05, 0) is 60.7 Å². The SMILES string of the molecule is c1ccc(N(c2cccc(-c3cc4c(cn3)oc3ccccc34)c2)c2cccc(-n3cccn3)c2)cc1. The maximum atomic E-state index is 5.98. The number of furan rings is 1. The highest BCUT2D eigenvalue weighted by Gasteiger charge is 2.15. The summed E-state index contributed by atoms with van der Waals surface area (Å²) in [7, 11) is 0. The molecule has 0 aliphatic carbocycles. The number of anilines is 3. The van der Waals surface area contributed by atoms with E-state index in [0.717, 1.165) is 55.9 Å². The van der Waals surface area contributed by atoms with Gasteiger partial charge >= 0.3 is 0 Å². The molecule has 0 amide bonds. The second-order valence-corrected chi connectivity index (χ2v) is 8.86. The Bertz CT molecular complexity index is 1840. The van der Waals surface area contributed by atoms with Crippen LogP contribution in [0.15, 0.2) is 138 Å². The summed E-state index contributed by atoms with van der Waals surface area (Å²) in [6, 6.07) is 39.4. The highest BCUT2D eigenvalue weighted by atomic mass is 16.3. The Morgan fingerprint density at radius 3 is 2.27 bits per heavy atom. The van der Waals surface area contributed by atoms with E-state index in [1.165, 1.54) is 0 Å². The summed E-state index contributed by atoms with van der Waals surface area (Å²) < 4.78 is 7.86. The molecule has 7 aromatic rings. The standard InChI is InChI=1S/C32H22N4O/c1-2-10-24(11-3-1)36(27-14-7-12-25(20-27)35-18-8-17-34-35)26-13-6-9-23(19-26)30-21-29-28-15-4-5-16-31(28)37-32(29)22-33-30/h1-22H. The van der Waals surface area contributed by atoms with Gasteiger partial charge in [0.15, 0.2) is 5.58 Å². The zero-order valence-corrected chi connectivity index (χ0v) is 19.9. The van der Waals surface area contributed by atoms with Crippen LogP contribution in [0.3, 0.4) is 0 Å². The minimum Gasteiger partial charge on any atom is -0.454 e. The van der Waals surface area contributed by atoms with E-state index in [1.807, 2.05) is 47.4 Å². The molecule has 4 aromatic carbocycles. The van der Waals surface area contributed by atoms with Crippen LogP contribution in [-0.2, 0) is 0 Å². The number of hydrogen-bond donors (Lipinski definition) is 0. The molecule has 0 unspecified atom stereocenters. The smallest absolute Gasteiger partial charge is 0.153 e. The first-order valence-electron chi connectivity index (χ1n) is 12.2. The molecule has 0 saturated carbocycles. The molecule has 5 nitrogen and oxygen atoms in total. The van der Waals surface area contributed by atoms with Gasteiger partial charge in [0.05, 0.1) is 17.6 Å². The van der Waals surface area contributed by atoms with Crippen molar-refractivity contribution in [1.29, 1.82) is 0 Å². The maximum absolute atomic E-state index is 5.98. The molecule has 3 heterocycles. The third-order valence-electron chi connectivity index (χ3n) is 6.54. The maximum Gasteiger partial charge on any atom is 0.153 e. The van der Waals surface area contributed by atoms with E-state index in [-0.39, 0.29) is 0 Å². The number of benzene rings is 4. The topological polar surface area (TPSA) is 47.1 Å². The molecule has 0 aliphatic rings. The van der Waals surface area contributed by atoms with Crippen LogP contribution in [0.25, 0.3) is 38.9 Å². The number of fused-ring (bicyclic) bond motifs is 3. The first-order chi connectivity index (χ1) is 18.3. The summed E-state index contributed by atoms with van der Waals surface area (Å²) in [6.07, 6.45) is 5.56. The largest absolute Gasteiger partial charge is 0.454 e. The fourth-order valence-corrected chi connectivity index (χ4v) is 4.81. The van der Waals surface area contributed by atoms with E-state index in [0.29, 0.717) is 0 Å². The Morgan fingerprint density at radius 2 is 1.41 bits per heavy atom. The average Bonchev–Trinajstić information content (AvgIpc) is 3.63.